The van der Waals surface area contributed by atoms with Crippen LogP contribution in [0.2, 0.25) is 0 Å². The van der Waals surface area contributed by atoms with E-state index in [1.165, 1.54) is 24.3 Å². The van der Waals surface area contributed by atoms with Crippen molar-refractivity contribution in [2.24, 2.45) is 0 Å². The van der Waals surface area contributed by atoms with Crippen LogP contribution in [0.25, 0.3) is 0 Å². The zero-order chi connectivity index (χ0) is 14.5. The molecular weight excluding hydrogens is 257 g/mol. The molecule has 0 saturated heterocycles. The molecule has 0 bridgehead atoms. The smallest absolute Gasteiger partial charge is 0.164 e. The predicted octanol–water partition coefficient (Wildman–Crippen LogP) is 3.24. The molecule has 0 radical (unpaired) electrons. The maximum atomic E-state index is 12.8. The molecule has 1 N–H and O–H groups in total. The summed E-state index contributed by atoms with van der Waals surface area (Å²) < 4.78 is 12.8. The number of anilines is 1. The van der Waals surface area contributed by atoms with Crippen LogP contribution < -0.4 is 4.90 Å². The Labute approximate surface area is 117 Å². The van der Waals surface area contributed by atoms with Crippen LogP contribution in [0.3, 0.4) is 0 Å². The number of hydrogen-bond acceptors (Lipinski definition) is 3. The fourth-order valence-electron chi connectivity index (χ4n) is 1.89. The molecule has 0 heterocycles. The molecular formula is C16H16FNO2. The van der Waals surface area contributed by atoms with Gasteiger partial charge in [-0.05, 0) is 48.5 Å². The number of benzene rings is 2. The van der Waals surface area contributed by atoms with E-state index in [2.05, 4.69) is 0 Å². The van der Waals surface area contributed by atoms with Gasteiger partial charge in [0.25, 0.3) is 0 Å². The number of phenols is 1. The van der Waals surface area contributed by atoms with Crippen LogP contribution in [-0.4, -0.2) is 24.5 Å². The van der Waals surface area contributed by atoms with Gasteiger partial charge >= 0.3 is 0 Å². The van der Waals surface area contributed by atoms with E-state index in [4.69, 9.17) is 0 Å². The molecule has 2 aromatic carbocycles. The van der Waals surface area contributed by atoms with Gasteiger partial charge in [-0.25, -0.2) is 4.39 Å². The van der Waals surface area contributed by atoms with Crippen LogP contribution in [0.1, 0.15) is 16.8 Å². The van der Waals surface area contributed by atoms with E-state index in [-0.39, 0.29) is 17.3 Å². The number of aromatic hydroxyl groups is 1. The normalized spacial score (nSPS) is 10.3. The van der Waals surface area contributed by atoms with Crippen molar-refractivity contribution < 1.29 is 14.3 Å². The van der Waals surface area contributed by atoms with E-state index < -0.39 is 0 Å². The van der Waals surface area contributed by atoms with E-state index in [9.17, 15) is 14.3 Å². The van der Waals surface area contributed by atoms with Crippen LogP contribution in [0.15, 0.2) is 48.5 Å². The highest BCUT2D eigenvalue weighted by Gasteiger charge is 2.08. The third-order valence-electron chi connectivity index (χ3n) is 3.13. The molecule has 4 heteroatoms. The summed E-state index contributed by atoms with van der Waals surface area (Å²) in [5, 5.41) is 9.22. The van der Waals surface area contributed by atoms with Gasteiger partial charge < -0.3 is 10.0 Å². The Hall–Kier alpha value is -2.36. The Bertz CT molecular complexity index is 578. The van der Waals surface area contributed by atoms with Crippen molar-refractivity contribution >= 4 is 11.5 Å². The van der Waals surface area contributed by atoms with Crippen LogP contribution >= 0.6 is 0 Å². The Morgan fingerprint density at radius 2 is 1.70 bits per heavy atom. The number of hydrogen-bond donors (Lipinski definition) is 1. The second kappa shape index (κ2) is 6.19. The standard InChI is InChI=1S/C16H16FNO2/c1-18(14-6-8-15(19)9-7-14)11-10-16(20)12-2-4-13(17)5-3-12/h2-9,19H,10-11H2,1H3. The third-order valence-corrected chi connectivity index (χ3v) is 3.13. The van der Waals surface area contributed by atoms with E-state index in [1.807, 2.05) is 11.9 Å². The first-order valence-electron chi connectivity index (χ1n) is 6.35. The maximum Gasteiger partial charge on any atom is 0.164 e. The SMILES string of the molecule is CN(CCC(=O)c1ccc(F)cc1)c1ccc(O)cc1. The highest BCUT2D eigenvalue weighted by molar-refractivity contribution is 5.96. The Morgan fingerprint density at radius 1 is 1.10 bits per heavy atom. The van der Waals surface area contributed by atoms with Crippen LogP contribution in [0.5, 0.6) is 5.75 Å². The molecule has 20 heavy (non-hydrogen) atoms. The molecule has 0 atom stereocenters. The van der Waals surface area contributed by atoms with E-state index in [0.717, 1.165) is 5.69 Å². The number of phenolic OH excluding ortho intramolecular Hbond substituents is 1. The molecule has 3 nitrogen and oxygen atoms in total. The Kier molecular flexibility index (Phi) is 4.35. The minimum absolute atomic E-state index is 0.0179. The van der Waals surface area contributed by atoms with Crippen molar-refractivity contribution in [3.8, 4) is 5.75 Å². The molecule has 0 aromatic heterocycles. The van der Waals surface area contributed by atoms with Crippen LogP contribution in [-0.2, 0) is 0 Å². The summed E-state index contributed by atoms with van der Waals surface area (Å²) in [6.07, 6.45) is 0.350. The van der Waals surface area contributed by atoms with Gasteiger partial charge in [-0.15, -0.1) is 0 Å². The summed E-state index contributed by atoms with van der Waals surface area (Å²) in [5.41, 5.74) is 1.44. The summed E-state index contributed by atoms with van der Waals surface area (Å²) in [6.45, 7) is 0.557. The first-order chi connectivity index (χ1) is 9.56. The number of carbonyl (C=O) groups excluding carboxylic acids is 1. The number of Topliss-reactive ketones (excluding diaryl/α,β-unsaturated/α-hetero) is 1. The number of rotatable bonds is 5. The average Bonchev–Trinajstić information content (AvgIpc) is 2.46. The summed E-state index contributed by atoms with van der Waals surface area (Å²) >= 11 is 0. The lowest BCUT2D eigenvalue weighted by Gasteiger charge is -2.18. The lowest BCUT2D eigenvalue weighted by molar-refractivity contribution is 0.0985. The van der Waals surface area contributed by atoms with Gasteiger partial charge in [0.05, 0.1) is 0 Å². The summed E-state index contributed by atoms with van der Waals surface area (Å²) in [5.74, 6) is -0.150. The average molecular weight is 273 g/mol. The summed E-state index contributed by atoms with van der Waals surface area (Å²) in [7, 11) is 1.88. The van der Waals surface area contributed by atoms with Gasteiger partial charge in [0.1, 0.15) is 11.6 Å². The lowest BCUT2D eigenvalue weighted by Crippen LogP contribution is -2.21. The van der Waals surface area contributed by atoms with Crippen molar-refractivity contribution in [3.05, 3.63) is 59.9 Å². The first kappa shape index (κ1) is 14.1. The maximum absolute atomic E-state index is 12.8. The minimum atomic E-state index is -0.345. The molecule has 0 spiro atoms. The first-order valence-corrected chi connectivity index (χ1v) is 6.35. The Morgan fingerprint density at radius 3 is 2.30 bits per heavy atom. The van der Waals surface area contributed by atoms with Crippen molar-refractivity contribution in [3.63, 3.8) is 0 Å². The van der Waals surface area contributed by atoms with Crippen molar-refractivity contribution in [2.75, 3.05) is 18.5 Å². The second-order valence-corrected chi connectivity index (χ2v) is 4.62. The number of nitrogens with zero attached hydrogens (tertiary/aromatic N) is 1. The molecule has 0 amide bonds. The zero-order valence-electron chi connectivity index (χ0n) is 11.2. The van der Waals surface area contributed by atoms with Crippen molar-refractivity contribution in [1.29, 1.82) is 0 Å². The van der Waals surface area contributed by atoms with Gasteiger partial charge in [0.2, 0.25) is 0 Å². The van der Waals surface area contributed by atoms with E-state index in [0.29, 0.717) is 18.5 Å². The van der Waals surface area contributed by atoms with Gasteiger partial charge in [-0.3, -0.25) is 4.79 Å². The van der Waals surface area contributed by atoms with Crippen LogP contribution in [0.4, 0.5) is 10.1 Å². The van der Waals surface area contributed by atoms with E-state index >= 15 is 0 Å². The summed E-state index contributed by atoms with van der Waals surface area (Å²) in [4.78, 5) is 13.9. The van der Waals surface area contributed by atoms with Crippen molar-refractivity contribution in [1.82, 2.24) is 0 Å². The van der Waals surface area contributed by atoms with Crippen molar-refractivity contribution in [2.45, 2.75) is 6.42 Å². The minimum Gasteiger partial charge on any atom is -0.508 e. The summed E-state index contributed by atoms with van der Waals surface area (Å²) in [6, 6.07) is 12.4. The molecule has 0 aliphatic rings. The molecule has 0 aliphatic carbocycles. The van der Waals surface area contributed by atoms with Gasteiger partial charge in [-0.1, -0.05) is 0 Å². The van der Waals surface area contributed by atoms with E-state index in [1.54, 1.807) is 24.3 Å². The highest BCUT2D eigenvalue weighted by atomic mass is 19.1. The number of halogens is 1. The molecule has 0 aliphatic heterocycles. The van der Waals surface area contributed by atoms with Gasteiger partial charge in [0.15, 0.2) is 5.78 Å². The number of carbonyl (C=O) groups is 1. The quantitative estimate of drug-likeness (QED) is 0.850. The predicted molar refractivity (Wildman–Crippen MR) is 76.7 cm³/mol. The highest BCUT2D eigenvalue weighted by Crippen LogP contribution is 2.17. The molecule has 2 rings (SSSR count). The molecule has 2 aromatic rings. The van der Waals surface area contributed by atoms with Gasteiger partial charge in [0, 0.05) is 31.3 Å². The number of ketones is 1. The Balaban J connectivity index is 1.92. The fraction of sp³-hybridized carbons (Fsp3) is 0.188. The molecule has 0 saturated carbocycles. The monoisotopic (exact) mass is 273 g/mol. The molecule has 0 fully saturated rings. The molecule has 104 valence electrons. The fourth-order valence-corrected chi connectivity index (χ4v) is 1.89. The third kappa shape index (κ3) is 3.57. The second-order valence-electron chi connectivity index (χ2n) is 4.62. The largest absolute Gasteiger partial charge is 0.508 e. The lowest BCUT2D eigenvalue weighted by atomic mass is 10.1. The van der Waals surface area contributed by atoms with Crippen LogP contribution in [0, 0.1) is 5.82 Å². The zero-order valence-corrected chi connectivity index (χ0v) is 11.2. The molecule has 0 unspecified atom stereocenters. The topological polar surface area (TPSA) is 40.5 Å². The van der Waals surface area contributed by atoms with Gasteiger partial charge in [-0.2, -0.15) is 0 Å².